The molecular weight excluding hydrogens is 1660 g/mol. The van der Waals surface area contributed by atoms with Crippen LogP contribution in [0.1, 0.15) is 151 Å². The van der Waals surface area contributed by atoms with Crippen LogP contribution in [0.15, 0.2) is 142 Å². The SMILES string of the molecule is NS(=O)(=O)c1ccc(Nc2ncc3cc4n(c3n2)C2(CCCCC2)C(=O)NC4)c(F)c1.NS(=O)(=O)c1ccc(Nc2ncc3cc4n(c3n2)C2(CCCCC2)C(=O)NC4)cc1F.NS(=O)(=O)c1ccc(Nc2ncc3cc4n(c3n2)C2(CCCCC2)C(=O)NC4)cn1.NS(=O)(=O)c1ccc(Nc2ncc3cc4n(c3n2)C2(CCCCC2)C(=O)NC4)nc1. The summed E-state index contributed by atoms with van der Waals surface area (Å²) in [7, 11) is -15.8. The number of nitrogens with two attached hydrogens (primary N) is 4. The summed E-state index contributed by atoms with van der Waals surface area (Å²) < 4.78 is 128. The monoisotopic (exact) mass is 1740 g/mol. The molecule has 0 unspecified atom stereocenters. The van der Waals surface area contributed by atoms with Gasteiger partial charge in [0.15, 0.2) is 5.03 Å². The summed E-state index contributed by atoms with van der Waals surface area (Å²) in [5.41, 5.74) is 4.98. The molecule has 4 aliphatic heterocycles. The van der Waals surface area contributed by atoms with Crippen molar-refractivity contribution in [2.24, 2.45) is 20.6 Å². The van der Waals surface area contributed by atoms with Crippen molar-refractivity contribution in [2.75, 3.05) is 21.3 Å². The predicted molar refractivity (Wildman–Crippen MR) is 442 cm³/mol. The van der Waals surface area contributed by atoms with Gasteiger partial charge in [0.2, 0.25) is 77.5 Å². The number of pyridine rings is 2. The zero-order valence-electron chi connectivity index (χ0n) is 65.4. The van der Waals surface area contributed by atoms with Crippen molar-refractivity contribution in [1.82, 2.24) is 89.4 Å². The maximum absolute atomic E-state index is 14.4. The third-order valence-electron chi connectivity index (χ3n) is 23.9. The summed E-state index contributed by atoms with van der Waals surface area (Å²) in [5.74, 6) is -0.216. The maximum atomic E-state index is 14.4. The van der Waals surface area contributed by atoms with Crippen LogP contribution in [0.4, 0.5) is 55.5 Å². The first-order chi connectivity index (χ1) is 58.3. The highest BCUT2D eigenvalue weighted by atomic mass is 32.2. The number of halogens is 2. The fourth-order valence-electron chi connectivity index (χ4n) is 18.3. The average molecular weight is 1740 g/mol. The molecule has 2 aromatic carbocycles. The van der Waals surface area contributed by atoms with Crippen LogP contribution in [0, 0.1) is 11.6 Å². The minimum Gasteiger partial charge on any atom is -0.348 e. The van der Waals surface area contributed by atoms with Crippen molar-refractivity contribution in [1.29, 1.82) is 0 Å². The van der Waals surface area contributed by atoms with Crippen molar-refractivity contribution in [3.05, 3.63) is 157 Å². The number of nitrogens with zero attached hydrogens (tertiary/aromatic N) is 14. The van der Waals surface area contributed by atoms with Gasteiger partial charge < -0.3 is 60.8 Å². The lowest BCUT2D eigenvalue weighted by atomic mass is 9.79. The summed E-state index contributed by atoms with van der Waals surface area (Å²) in [4.78, 5) is 94.4. The van der Waals surface area contributed by atoms with E-state index in [-0.39, 0.29) is 61.7 Å². The van der Waals surface area contributed by atoms with Gasteiger partial charge in [-0.05, 0) is 136 Å². The Bertz CT molecular complexity index is 6530. The second-order valence-corrected chi connectivity index (χ2v) is 37.8. The number of rotatable bonds is 12. The van der Waals surface area contributed by atoms with Crippen molar-refractivity contribution >= 4 is 155 Å². The number of sulfonamides is 4. The molecule has 122 heavy (non-hydrogen) atoms. The van der Waals surface area contributed by atoms with E-state index in [4.69, 9.17) is 20.6 Å². The Kier molecular flexibility index (Phi) is 21.3. The molecule has 0 saturated heterocycles. The van der Waals surface area contributed by atoms with Crippen molar-refractivity contribution in [2.45, 2.75) is 196 Å². The molecule has 20 rings (SSSR count). The van der Waals surface area contributed by atoms with Gasteiger partial charge >= 0.3 is 0 Å². The van der Waals surface area contributed by atoms with Crippen molar-refractivity contribution < 1.29 is 61.6 Å². The number of primary sulfonamides is 4. The quantitative estimate of drug-likeness (QED) is 0.0562. The number of nitrogens with one attached hydrogen (secondary N) is 8. The molecule has 4 amide bonds. The summed E-state index contributed by atoms with van der Waals surface area (Å²) >= 11 is 0. The van der Waals surface area contributed by atoms with E-state index in [0.29, 0.717) is 72.2 Å². The zero-order chi connectivity index (χ0) is 85.5. The topological polar surface area (TPSA) is 554 Å². The Balaban J connectivity index is 0.000000116. The Morgan fingerprint density at radius 2 is 0.697 bits per heavy atom. The Morgan fingerprint density at radius 3 is 1.02 bits per heavy atom. The molecule has 14 heterocycles. The number of carbonyl (C=O) groups is 4. The van der Waals surface area contributed by atoms with Crippen LogP contribution in [0.2, 0.25) is 0 Å². The van der Waals surface area contributed by atoms with Gasteiger partial charge in [-0.1, -0.05) is 77.0 Å². The number of aromatic nitrogens is 14. The lowest BCUT2D eigenvalue weighted by Crippen LogP contribution is -2.54. The van der Waals surface area contributed by atoms with Crippen molar-refractivity contribution in [3.8, 4) is 0 Å². The number of carbonyl (C=O) groups excluding carboxylic acids is 4. The molecule has 12 aromatic rings. The number of hydrogen-bond acceptors (Lipinski definition) is 26. The van der Waals surface area contributed by atoms with E-state index in [0.717, 1.165) is 191 Å². The number of fused-ring (bicyclic) bond motifs is 16. The van der Waals surface area contributed by atoms with Gasteiger partial charge in [0.1, 0.15) is 72.0 Å². The van der Waals surface area contributed by atoms with Crippen LogP contribution >= 0.6 is 0 Å². The van der Waals surface area contributed by atoms with E-state index in [1.54, 1.807) is 30.9 Å². The van der Waals surface area contributed by atoms with E-state index >= 15 is 0 Å². The molecule has 0 radical (unpaired) electrons. The first-order valence-corrected chi connectivity index (χ1v) is 45.8. The number of anilines is 8. The van der Waals surface area contributed by atoms with Gasteiger partial charge in [0.25, 0.3) is 10.0 Å². The fraction of sp³-hybridized carbons (Fsp3) is 0.359. The van der Waals surface area contributed by atoms with Crippen LogP contribution in [-0.4, -0.2) is 125 Å². The first kappa shape index (κ1) is 82.1. The van der Waals surface area contributed by atoms with Crippen LogP contribution < -0.4 is 63.1 Å². The van der Waals surface area contributed by atoms with Crippen molar-refractivity contribution in [3.63, 3.8) is 0 Å². The molecule has 0 bridgehead atoms. The van der Waals surface area contributed by atoms with Gasteiger partial charge in [-0.3, -0.25) is 19.2 Å². The summed E-state index contributed by atoms with van der Waals surface area (Å²) in [6.45, 7) is 1.79. The molecule has 4 spiro atoms. The smallest absolute Gasteiger partial charge is 0.255 e. The van der Waals surface area contributed by atoms with E-state index in [9.17, 15) is 61.6 Å². The van der Waals surface area contributed by atoms with Crippen LogP contribution in [0.5, 0.6) is 0 Å². The molecule has 8 aliphatic rings. The number of hydrogen-bond donors (Lipinski definition) is 12. The van der Waals surface area contributed by atoms with Crippen LogP contribution in [0.3, 0.4) is 0 Å². The molecular formula is C78H84F2N26O12S4. The summed E-state index contributed by atoms with van der Waals surface area (Å²) in [6, 6.07) is 20.5. The van der Waals surface area contributed by atoms with Crippen LogP contribution in [0.25, 0.3) is 44.1 Å². The van der Waals surface area contributed by atoms with Gasteiger partial charge in [0, 0.05) is 81.0 Å². The maximum Gasteiger partial charge on any atom is 0.255 e. The van der Waals surface area contributed by atoms with E-state index in [1.165, 1.54) is 48.8 Å². The summed E-state index contributed by atoms with van der Waals surface area (Å²) in [6.07, 6.45) is 27.8. The van der Waals surface area contributed by atoms with Gasteiger partial charge in [-0.25, -0.2) is 92.9 Å². The zero-order valence-corrected chi connectivity index (χ0v) is 68.6. The summed E-state index contributed by atoms with van der Waals surface area (Å²) in [5, 5.41) is 47.2. The van der Waals surface area contributed by atoms with E-state index < -0.39 is 78.8 Å². The highest BCUT2D eigenvalue weighted by molar-refractivity contribution is 7.90. The fourth-order valence-corrected chi connectivity index (χ4v) is 20.3. The third-order valence-corrected chi connectivity index (χ3v) is 27.5. The Labute approximate surface area is 696 Å². The Morgan fingerprint density at radius 1 is 0.336 bits per heavy atom. The molecule has 636 valence electrons. The minimum atomic E-state index is -4.15. The average Bonchev–Trinajstić information content (AvgIpc) is 1.56. The second-order valence-electron chi connectivity index (χ2n) is 31.6. The molecule has 0 atom stereocenters. The largest absolute Gasteiger partial charge is 0.348 e. The van der Waals surface area contributed by atoms with Gasteiger partial charge in [-0.15, -0.1) is 0 Å². The lowest BCUT2D eigenvalue weighted by molar-refractivity contribution is -0.134. The van der Waals surface area contributed by atoms with E-state index in [2.05, 4.69) is 102 Å². The highest BCUT2D eigenvalue weighted by Gasteiger charge is 2.50. The molecule has 16 N–H and O–H groups in total. The standard InChI is InChI=1S/2C20H21FN6O3S.2C19H21N7O3S/c21-15-9-14(31(22,29)30)4-5-16(15)25-19-24-10-12-8-13-11-23-18(28)20(6-2-1-3-7-20)27(13)17(12)26-19;21-15-9-13(4-5-16(15)31(22,29)30)25-19-24-10-12-8-14-11-23-18(28)20(6-2-1-3-7-20)27(14)17(12)26-19;20-30(28,29)14-4-5-15(21-11-14)24-18-23-9-12-8-13-10-22-17(27)19(6-2-1-3-7-19)26(13)16(12)25-18;20-30(28,29)15-5-4-13(10-21-15)24-18-23-9-12-8-14-11-22-17(27)19(6-2-1-3-7-19)26(14)16(12)25-18/h2*4-5,8-10H,1-3,6-7,11H2,(H,23,28)(H2,22,29,30)(H,24,25,26);4-5,8-9,11H,1-3,6-7,10H2,(H,22,27)(H2,20,28,29)(H,21,23,24,25);4-5,8-10H,1-3,6-7,11H2,(H,22,27)(H2,20,28,29)(H,23,24,25). The molecule has 4 aliphatic carbocycles. The number of benzene rings is 2. The first-order valence-electron chi connectivity index (χ1n) is 39.6. The molecule has 38 nitrogen and oxygen atoms in total. The number of amides is 4. The van der Waals surface area contributed by atoms with E-state index in [1.807, 2.05) is 33.4 Å². The van der Waals surface area contributed by atoms with Crippen LogP contribution in [-0.2, 0) is 108 Å². The second kappa shape index (κ2) is 31.7. The Hall–Kier alpha value is -12.2. The highest BCUT2D eigenvalue weighted by Crippen LogP contribution is 2.46. The molecule has 4 saturated carbocycles. The predicted octanol–water partition coefficient (Wildman–Crippen LogP) is 7.51. The minimum absolute atomic E-state index is 0.00921. The molecule has 4 fully saturated rings. The molecule has 44 heteroatoms. The molecule has 10 aromatic heterocycles. The van der Waals surface area contributed by atoms with Gasteiger partial charge in [-0.2, -0.15) is 19.9 Å². The lowest BCUT2D eigenvalue weighted by Gasteiger charge is -2.41. The normalized spacial score (nSPS) is 18.1. The third kappa shape index (κ3) is 15.5. The van der Waals surface area contributed by atoms with Gasteiger partial charge in [0.05, 0.1) is 48.6 Å².